The van der Waals surface area contributed by atoms with E-state index in [1.54, 1.807) is 0 Å². The second-order valence-corrected chi connectivity index (χ2v) is 4.71. The van der Waals surface area contributed by atoms with Crippen LogP contribution in [0.25, 0.3) is 11.1 Å². The Kier molecular flexibility index (Phi) is 3.56. The number of ether oxygens (including phenoxy) is 1. The number of rotatable bonds is 3. The molecule has 0 bridgehead atoms. The number of hydrogen-bond donors (Lipinski definition) is 1. The fourth-order valence-corrected chi connectivity index (χ4v) is 1.95. The van der Waals surface area contributed by atoms with Gasteiger partial charge in [-0.1, -0.05) is 24.3 Å². The molecule has 2 N–H and O–H groups in total. The van der Waals surface area contributed by atoms with Crippen molar-refractivity contribution in [1.82, 2.24) is 0 Å². The van der Waals surface area contributed by atoms with Crippen molar-refractivity contribution in [3.63, 3.8) is 0 Å². The van der Waals surface area contributed by atoms with Crippen LogP contribution >= 0.6 is 0 Å². The molecule has 2 aromatic rings. The maximum atomic E-state index is 5.93. The van der Waals surface area contributed by atoms with Gasteiger partial charge in [0.05, 0.1) is 6.10 Å². The molecule has 0 aliphatic rings. The first-order valence-electron chi connectivity index (χ1n) is 6.20. The summed E-state index contributed by atoms with van der Waals surface area (Å²) in [5.41, 5.74) is 10.2. The standard InChI is InChI=1S/C16H19NO/c1-11(2)18-14-9-7-13(8-10-14)15-5-4-6-16(17)12(15)3/h4-11H,17H2,1-3H3. The van der Waals surface area contributed by atoms with E-state index in [0.29, 0.717) is 0 Å². The summed E-state index contributed by atoms with van der Waals surface area (Å²) in [7, 11) is 0. The van der Waals surface area contributed by atoms with Crippen LogP contribution in [0.5, 0.6) is 5.75 Å². The van der Waals surface area contributed by atoms with Crippen LogP contribution in [-0.2, 0) is 0 Å². The van der Waals surface area contributed by atoms with Crippen molar-refractivity contribution in [2.75, 3.05) is 5.73 Å². The van der Waals surface area contributed by atoms with Crippen molar-refractivity contribution in [2.45, 2.75) is 26.9 Å². The third kappa shape index (κ3) is 2.65. The Hall–Kier alpha value is -1.96. The van der Waals surface area contributed by atoms with Gasteiger partial charge in [-0.3, -0.25) is 0 Å². The minimum absolute atomic E-state index is 0.199. The Balaban J connectivity index is 2.32. The van der Waals surface area contributed by atoms with Crippen molar-refractivity contribution in [1.29, 1.82) is 0 Å². The van der Waals surface area contributed by atoms with Gasteiger partial charge in [0, 0.05) is 5.69 Å². The molecule has 2 heteroatoms. The van der Waals surface area contributed by atoms with E-state index in [4.69, 9.17) is 10.5 Å². The van der Waals surface area contributed by atoms with Crippen molar-refractivity contribution >= 4 is 5.69 Å². The lowest BCUT2D eigenvalue weighted by Crippen LogP contribution is -2.05. The molecule has 0 saturated carbocycles. The van der Waals surface area contributed by atoms with Crippen LogP contribution in [0.15, 0.2) is 42.5 Å². The van der Waals surface area contributed by atoms with Crippen LogP contribution in [0.2, 0.25) is 0 Å². The number of benzene rings is 2. The average Bonchev–Trinajstić information content (AvgIpc) is 2.33. The minimum Gasteiger partial charge on any atom is -0.491 e. The SMILES string of the molecule is Cc1c(N)cccc1-c1ccc(OC(C)C)cc1. The van der Waals surface area contributed by atoms with Gasteiger partial charge in [-0.2, -0.15) is 0 Å². The van der Waals surface area contributed by atoms with E-state index in [9.17, 15) is 0 Å². The van der Waals surface area contributed by atoms with Crippen LogP contribution in [0.3, 0.4) is 0 Å². The summed E-state index contributed by atoms with van der Waals surface area (Å²) in [4.78, 5) is 0. The molecule has 0 radical (unpaired) electrons. The maximum absolute atomic E-state index is 5.93. The number of nitrogen functional groups attached to an aromatic ring is 1. The van der Waals surface area contributed by atoms with Crippen LogP contribution < -0.4 is 10.5 Å². The first-order valence-corrected chi connectivity index (χ1v) is 6.20. The smallest absolute Gasteiger partial charge is 0.119 e. The zero-order chi connectivity index (χ0) is 13.1. The summed E-state index contributed by atoms with van der Waals surface area (Å²) in [5.74, 6) is 0.898. The van der Waals surface area contributed by atoms with Crippen molar-refractivity contribution in [3.05, 3.63) is 48.0 Å². The molecule has 0 aliphatic carbocycles. The summed E-state index contributed by atoms with van der Waals surface area (Å²) in [6, 6.07) is 14.1. The Morgan fingerprint density at radius 2 is 1.67 bits per heavy atom. The Morgan fingerprint density at radius 3 is 2.28 bits per heavy atom. The van der Waals surface area contributed by atoms with Gasteiger partial charge in [0.15, 0.2) is 0 Å². The van der Waals surface area contributed by atoms with Gasteiger partial charge in [0.25, 0.3) is 0 Å². The van der Waals surface area contributed by atoms with Gasteiger partial charge in [-0.05, 0) is 55.7 Å². The van der Waals surface area contributed by atoms with Crippen LogP contribution in [0.1, 0.15) is 19.4 Å². The first kappa shape index (κ1) is 12.5. The molecule has 94 valence electrons. The van der Waals surface area contributed by atoms with E-state index in [2.05, 4.69) is 18.2 Å². The zero-order valence-electron chi connectivity index (χ0n) is 11.1. The fourth-order valence-electron chi connectivity index (χ4n) is 1.95. The molecule has 18 heavy (non-hydrogen) atoms. The first-order chi connectivity index (χ1) is 8.58. The second-order valence-electron chi connectivity index (χ2n) is 4.71. The lowest BCUT2D eigenvalue weighted by Gasteiger charge is -2.12. The highest BCUT2D eigenvalue weighted by atomic mass is 16.5. The lowest BCUT2D eigenvalue weighted by molar-refractivity contribution is 0.242. The molecule has 0 saturated heterocycles. The molecule has 0 spiro atoms. The molecule has 0 unspecified atom stereocenters. The van der Waals surface area contributed by atoms with Gasteiger partial charge < -0.3 is 10.5 Å². The van der Waals surface area contributed by atoms with E-state index >= 15 is 0 Å². The molecule has 0 aliphatic heterocycles. The monoisotopic (exact) mass is 241 g/mol. The molecule has 0 aromatic heterocycles. The highest BCUT2D eigenvalue weighted by molar-refractivity contribution is 5.72. The fraction of sp³-hybridized carbons (Fsp3) is 0.250. The van der Waals surface area contributed by atoms with E-state index < -0.39 is 0 Å². The van der Waals surface area contributed by atoms with Crippen LogP contribution in [-0.4, -0.2) is 6.10 Å². The third-order valence-electron chi connectivity index (χ3n) is 2.91. The summed E-state index contributed by atoms with van der Waals surface area (Å²) in [6.45, 7) is 6.09. The molecule has 2 nitrogen and oxygen atoms in total. The van der Waals surface area contributed by atoms with Gasteiger partial charge >= 0.3 is 0 Å². The van der Waals surface area contributed by atoms with Gasteiger partial charge in [0.1, 0.15) is 5.75 Å². The van der Waals surface area contributed by atoms with Gasteiger partial charge in [-0.25, -0.2) is 0 Å². The zero-order valence-corrected chi connectivity index (χ0v) is 11.1. The normalized spacial score (nSPS) is 10.7. The topological polar surface area (TPSA) is 35.2 Å². The van der Waals surface area contributed by atoms with E-state index in [1.165, 1.54) is 5.56 Å². The third-order valence-corrected chi connectivity index (χ3v) is 2.91. The van der Waals surface area contributed by atoms with E-state index in [1.807, 2.05) is 45.0 Å². The Bertz CT molecular complexity index is 529. The molecule has 2 rings (SSSR count). The highest BCUT2D eigenvalue weighted by Crippen LogP contribution is 2.28. The largest absolute Gasteiger partial charge is 0.491 e. The molecular formula is C16H19NO. The number of hydrogen-bond acceptors (Lipinski definition) is 2. The van der Waals surface area contributed by atoms with E-state index in [0.717, 1.165) is 22.6 Å². The molecule has 0 heterocycles. The molecule has 2 aromatic carbocycles. The molecule has 0 atom stereocenters. The predicted molar refractivity (Wildman–Crippen MR) is 76.8 cm³/mol. The average molecular weight is 241 g/mol. The van der Waals surface area contributed by atoms with Crippen LogP contribution in [0, 0.1) is 6.92 Å². The predicted octanol–water partition coefficient (Wildman–Crippen LogP) is 4.03. The quantitative estimate of drug-likeness (QED) is 0.823. The van der Waals surface area contributed by atoms with Crippen molar-refractivity contribution in [3.8, 4) is 16.9 Å². The van der Waals surface area contributed by atoms with Gasteiger partial charge in [0.2, 0.25) is 0 Å². The highest BCUT2D eigenvalue weighted by Gasteiger charge is 2.04. The Morgan fingerprint density at radius 1 is 1.00 bits per heavy atom. The summed E-state index contributed by atoms with van der Waals surface area (Å²) in [6.07, 6.45) is 0.199. The maximum Gasteiger partial charge on any atom is 0.119 e. The summed E-state index contributed by atoms with van der Waals surface area (Å²) < 4.78 is 5.63. The minimum atomic E-state index is 0.199. The van der Waals surface area contributed by atoms with Gasteiger partial charge in [-0.15, -0.1) is 0 Å². The Labute approximate surface area is 108 Å². The number of anilines is 1. The number of nitrogens with two attached hydrogens (primary N) is 1. The van der Waals surface area contributed by atoms with Crippen LogP contribution in [0.4, 0.5) is 5.69 Å². The molecule has 0 fully saturated rings. The summed E-state index contributed by atoms with van der Waals surface area (Å²) in [5, 5.41) is 0. The van der Waals surface area contributed by atoms with Crippen molar-refractivity contribution < 1.29 is 4.74 Å². The molecule has 0 amide bonds. The second kappa shape index (κ2) is 5.13. The summed E-state index contributed by atoms with van der Waals surface area (Å²) >= 11 is 0. The molecular weight excluding hydrogens is 222 g/mol. The lowest BCUT2D eigenvalue weighted by atomic mass is 9.99. The van der Waals surface area contributed by atoms with Crippen molar-refractivity contribution in [2.24, 2.45) is 0 Å². The van der Waals surface area contributed by atoms with E-state index in [-0.39, 0.29) is 6.10 Å².